The zero-order chi connectivity index (χ0) is 11.2. The molecule has 0 aromatic carbocycles. The van der Waals surface area contributed by atoms with Gasteiger partial charge in [0.1, 0.15) is 10.8 Å². The molecule has 15 heavy (non-hydrogen) atoms. The molecule has 78 valence electrons. The second-order valence-electron chi connectivity index (χ2n) is 3.16. The molecular weight excluding hydrogens is 328 g/mol. The van der Waals surface area contributed by atoms with Crippen molar-refractivity contribution < 1.29 is 4.79 Å². The van der Waals surface area contributed by atoms with Crippen LogP contribution in [0.5, 0.6) is 0 Å². The molecule has 0 spiro atoms. The molecule has 4 nitrogen and oxygen atoms in total. The number of carbonyl (C=O) groups excluding carboxylic acids is 1. The van der Waals surface area contributed by atoms with Crippen molar-refractivity contribution in [1.29, 1.82) is 0 Å². The van der Waals surface area contributed by atoms with Crippen molar-refractivity contribution in [3.05, 3.63) is 26.2 Å². The van der Waals surface area contributed by atoms with Crippen molar-refractivity contribution in [3.8, 4) is 0 Å². The smallest absolute Gasteiger partial charge is 0.178 e. The summed E-state index contributed by atoms with van der Waals surface area (Å²) in [6.07, 6.45) is 0. The van der Waals surface area contributed by atoms with Gasteiger partial charge in [0.05, 0.1) is 9.26 Å². The minimum atomic E-state index is -0.103. The molecular formula is C9H7ClIN3O. The SMILES string of the molecule is CC(=O)c1cc(Cl)n2nc(C)c(I)c2n1. The summed E-state index contributed by atoms with van der Waals surface area (Å²) in [6.45, 7) is 3.34. The molecule has 2 heterocycles. The van der Waals surface area contributed by atoms with E-state index in [0.29, 0.717) is 16.5 Å². The molecule has 0 bridgehead atoms. The fourth-order valence-corrected chi connectivity index (χ4v) is 1.92. The third kappa shape index (κ3) is 1.74. The van der Waals surface area contributed by atoms with E-state index in [9.17, 15) is 4.79 Å². The van der Waals surface area contributed by atoms with Gasteiger partial charge in [-0.25, -0.2) is 9.50 Å². The largest absolute Gasteiger partial charge is 0.293 e. The summed E-state index contributed by atoms with van der Waals surface area (Å²) in [5, 5.41) is 4.62. The maximum atomic E-state index is 11.2. The van der Waals surface area contributed by atoms with E-state index in [1.807, 2.05) is 6.92 Å². The number of Topliss-reactive ketones (excluding diaryl/α,β-unsaturated/α-hetero) is 1. The van der Waals surface area contributed by atoms with Gasteiger partial charge in [-0.3, -0.25) is 4.79 Å². The van der Waals surface area contributed by atoms with Crippen LogP contribution < -0.4 is 0 Å². The monoisotopic (exact) mass is 335 g/mol. The molecule has 0 unspecified atom stereocenters. The van der Waals surface area contributed by atoms with Crippen LogP contribution in [0.1, 0.15) is 23.1 Å². The van der Waals surface area contributed by atoms with Gasteiger partial charge in [-0.2, -0.15) is 5.10 Å². The predicted molar refractivity (Wildman–Crippen MR) is 65.5 cm³/mol. The van der Waals surface area contributed by atoms with Crippen LogP contribution in [0, 0.1) is 10.5 Å². The number of hydrogen-bond donors (Lipinski definition) is 0. The first-order chi connectivity index (χ1) is 7.00. The van der Waals surface area contributed by atoms with Crippen molar-refractivity contribution in [1.82, 2.24) is 14.6 Å². The molecule has 0 aliphatic heterocycles. The average Bonchev–Trinajstić information content (AvgIpc) is 2.45. The number of nitrogens with zero attached hydrogens (tertiary/aromatic N) is 3. The van der Waals surface area contributed by atoms with Crippen LogP contribution in [-0.4, -0.2) is 20.4 Å². The lowest BCUT2D eigenvalue weighted by molar-refractivity contribution is 0.101. The molecule has 0 saturated carbocycles. The van der Waals surface area contributed by atoms with Crippen LogP contribution in [0.3, 0.4) is 0 Å². The average molecular weight is 336 g/mol. The minimum absolute atomic E-state index is 0.103. The van der Waals surface area contributed by atoms with Crippen molar-refractivity contribution >= 4 is 45.6 Å². The van der Waals surface area contributed by atoms with Gasteiger partial charge in [-0.05, 0) is 29.5 Å². The van der Waals surface area contributed by atoms with Gasteiger partial charge < -0.3 is 0 Å². The molecule has 2 rings (SSSR count). The van der Waals surface area contributed by atoms with Gasteiger partial charge in [-0.15, -0.1) is 0 Å². The Morgan fingerprint density at radius 3 is 2.87 bits per heavy atom. The Hall–Kier alpha value is -0.690. The van der Waals surface area contributed by atoms with Gasteiger partial charge in [0.15, 0.2) is 11.4 Å². The van der Waals surface area contributed by atoms with E-state index in [0.717, 1.165) is 9.26 Å². The van der Waals surface area contributed by atoms with E-state index >= 15 is 0 Å². The fourth-order valence-electron chi connectivity index (χ4n) is 1.24. The second-order valence-corrected chi connectivity index (χ2v) is 4.62. The molecule has 0 N–H and O–H groups in total. The summed E-state index contributed by atoms with van der Waals surface area (Å²) in [6, 6.07) is 1.53. The summed E-state index contributed by atoms with van der Waals surface area (Å²) in [4.78, 5) is 15.4. The summed E-state index contributed by atoms with van der Waals surface area (Å²) in [5.74, 6) is -0.103. The molecule has 0 saturated heterocycles. The summed E-state index contributed by atoms with van der Waals surface area (Å²) in [7, 11) is 0. The van der Waals surface area contributed by atoms with Crippen LogP contribution in [0.2, 0.25) is 5.15 Å². The quantitative estimate of drug-likeness (QED) is 0.457. The van der Waals surface area contributed by atoms with Crippen molar-refractivity contribution in [2.45, 2.75) is 13.8 Å². The maximum absolute atomic E-state index is 11.2. The van der Waals surface area contributed by atoms with Gasteiger partial charge in [0.2, 0.25) is 0 Å². The minimum Gasteiger partial charge on any atom is -0.293 e. The third-order valence-corrected chi connectivity index (χ3v) is 3.54. The lowest BCUT2D eigenvalue weighted by Crippen LogP contribution is -2.01. The Morgan fingerprint density at radius 1 is 1.60 bits per heavy atom. The van der Waals surface area contributed by atoms with Crippen LogP contribution in [0.25, 0.3) is 5.65 Å². The van der Waals surface area contributed by atoms with Crippen molar-refractivity contribution in [2.24, 2.45) is 0 Å². The number of aromatic nitrogens is 3. The van der Waals surface area contributed by atoms with Crippen LogP contribution in [0.15, 0.2) is 6.07 Å². The van der Waals surface area contributed by atoms with Crippen LogP contribution in [0.4, 0.5) is 0 Å². The second kappa shape index (κ2) is 3.71. The first kappa shape index (κ1) is 10.8. The third-order valence-electron chi connectivity index (χ3n) is 2.01. The zero-order valence-corrected chi connectivity index (χ0v) is 11.0. The number of ketones is 1. The normalized spacial score (nSPS) is 10.9. The highest BCUT2D eigenvalue weighted by Crippen LogP contribution is 2.20. The number of halogens is 2. The van der Waals surface area contributed by atoms with Gasteiger partial charge in [-0.1, -0.05) is 11.6 Å². The number of carbonyl (C=O) groups is 1. The zero-order valence-electron chi connectivity index (χ0n) is 8.08. The van der Waals surface area contributed by atoms with Gasteiger partial charge in [0, 0.05) is 13.0 Å². The highest BCUT2D eigenvalue weighted by molar-refractivity contribution is 14.1. The Balaban J connectivity index is 2.85. The predicted octanol–water partition coefficient (Wildman–Crippen LogP) is 2.50. The first-order valence-corrected chi connectivity index (χ1v) is 5.68. The topological polar surface area (TPSA) is 47.3 Å². The molecule has 2 aromatic rings. The molecule has 2 aromatic heterocycles. The van der Waals surface area contributed by atoms with Crippen molar-refractivity contribution in [3.63, 3.8) is 0 Å². The number of rotatable bonds is 1. The summed E-state index contributed by atoms with van der Waals surface area (Å²) >= 11 is 8.14. The first-order valence-electron chi connectivity index (χ1n) is 4.23. The number of aryl methyl sites for hydroxylation is 1. The fraction of sp³-hybridized carbons (Fsp3) is 0.222. The Labute approximate surface area is 105 Å². The molecule has 0 aliphatic carbocycles. The molecule has 6 heteroatoms. The molecule has 0 fully saturated rings. The van der Waals surface area contributed by atoms with Crippen LogP contribution >= 0.6 is 34.2 Å². The molecule has 0 radical (unpaired) electrons. The number of hydrogen-bond acceptors (Lipinski definition) is 3. The molecule has 0 aliphatic rings. The Kier molecular flexibility index (Phi) is 2.68. The van der Waals surface area contributed by atoms with Gasteiger partial charge in [0.25, 0.3) is 0 Å². The Bertz CT molecular complexity index is 564. The molecule has 0 atom stereocenters. The highest BCUT2D eigenvalue weighted by atomic mass is 127. The maximum Gasteiger partial charge on any atom is 0.178 e. The van der Waals surface area contributed by atoms with E-state index in [-0.39, 0.29) is 5.78 Å². The Morgan fingerprint density at radius 2 is 2.27 bits per heavy atom. The highest BCUT2D eigenvalue weighted by Gasteiger charge is 2.13. The van der Waals surface area contributed by atoms with Gasteiger partial charge >= 0.3 is 0 Å². The van der Waals surface area contributed by atoms with E-state index < -0.39 is 0 Å². The van der Waals surface area contributed by atoms with Crippen molar-refractivity contribution in [2.75, 3.05) is 0 Å². The molecule has 0 amide bonds. The summed E-state index contributed by atoms with van der Waals surface area (Å²) in [5.41, 5.74) is 1.85. The van der Waals surface area contributed by atoms with Crippen LogP contribution in [-0.2, 0) is 0 Å². The standard InChI is InChI=1S/C9H7ClIN3O/c1-4-8(11)9-12-6(5(2)15)3-7(10)14(9)13-4/h3H,1-2H3. The van der Waals surface area contributed by atoms with E-state index in [1.165, 1.54) is 17.5 Å². The van der Waals surface area contributed by atoms with E-state index in [2.05, 4.69) is 32.7 Å². The lowest BCUT2D eigenvalue weighted by Gasteiger charge is -1.99. The van der Waals surface area contributed by atoms with E-state index in [4.69, 9.17) is 11.6 Å². The number of fused-ring (bicyclic) bond motifs is 1. The summed E-state index contributed by atoms with van der Waals surface area (Å²) < 4.78 is 2.45. The lowest BCUT2D eigenvalue weighted by atomic mass is 10.3. The van der Waals surface area contributed by atoms with E-state index in [1.54, 1.807) is 0 Å².